The van der Waals surface area contributed by atoms with Gasteiger partial charge in [0.15, 0.2) is 0 Å². The summed E-state index contributed by atoms with van der Waals surface area (Å²) in [7, 11) is 4.56. The number of alkyl halides is 1. The highest BCUT2D eigenvalue weighted by atomic mass is 127. The number of nitrogens with zero attached hydrogens (tertiary/aromatic N) is 3. The summed E-state index contributed by atoms with van der Waals surface area (Å²) in [6.45, 7) is 0.900. The number of aromatic nitrogens is 3. The standard InChI is InChI=1S/C23H25ClIN3O4/c1-27-21-13(14(8-10-18(29)31-2)22(27)23(30)32-3)7-9-15(24)19(21)20-16(12-25)26-28-11-5-4-6-17(20)28/h7,9H,4-6,8,10-12H2,1-3H3. The molecule has 0 saturated carbocycles. The second kappa shape index (κ2) is 9.43. The molecule has 32 heavy (non-hydrogen) atoms. The first-order valence-electron chi connectivity index (χ1n) is 10.5. The molecule has 3 aromatic rings. The van der Waals surface area contributed by atoms with Gasteiger partial charge in [-0.25, -0.2) is 4.79 Å². The van der Waals surface area contributed by atoms with Crippen molar-refractivity contribution in [3.8, 4) is 11.1 Å². The van der Waals surface area contributed by atoms with Crippen LogP contribution < -0.4 is 0 Å². The Bertz CT molecular complexity index is 1210. The normalized spacial score (nSPS) is 13.3. The summed E-state index contributed by atoms with van der Waals surface area (Å²) in [5, 5.41) is 6.36. The van der Waals surface area contributed by atoms with E-state index in [0.717, 1.165) is 63.5 Å². The Balaban J connectivity index is 2.03. The molecule has 170 valence electrons. The van der Waals surface area contributed by atoms with Crippen molar-refractivity contribution in [2.24, 2.45) is 7.05 Å². The number of carbonyl (C=O) groups excluding carboxylic acids is 2. The zero-order chi connectivity index (χ0) is 23.0. The number of methoxy groups -OCH3 is 2. The van der Waals surface area contributed by atoms with Crippen molar-refractivity contribution in [3.63, 3.8) is 0 Å². The van der Waals surface area contributed by atoms with Gasteiger partial charge in [-0.2, -0.15) is 5.10 Å². The van der Waals surface area contributed by atoms with E-state index in [4.69, 9.17) is 26.2 Å². The minimum absolute atomic E-state index is 0.166. The van der Waals surface area contributed by atoms with Gasteiger partial charge in [-0.05, 0) is 37.3 Å². The van der Waals surface area contributed by atoms with E-state index in [1.807, 2.05) is 23.7 Å². The van der Waals surface area contributed by atoms with Gasteiger partial charge in [0, 0.05) is 46.6 Å². The van der Waals surface area contributed by atoms with E-state index in [-0.39, 0.29) is 12.4 Å². The fourth-order valence-electron chi connectivity index (χ4n) is 4.70. The Morgan fingerprint density at radius 1 is 1.19 bits per heavy atom. The number of rotatable bonds is 6. The van der Waals surface area contributed by atoms with Crippen LogP contribution >= 0.6 is 34.2 Å². The molecule has 0 atom stereocenters. The van der Waals surface area contributed by atoms with Gasteiger partial charge in [0.25, 0.3) is 0 Å². The molecule has 0 saturated heterocycles. The lowest BCUT2D eigenvalue weighted by molar-refractivity contribution is -0.140. The topological polar surface area (TPSA) is 75.4 Å². The molecule has 1 aromatic carbocycles. The molecule has 1 aliphatic heterocycles. The minimum Gasteiger partial charge on any atom is -0.469 e. The SMILES string of the molecule is COC(=O)CCc1c(C(=O)OC)n(C)c2c(-c3c(CI)nn4c3CCCC4)c(Cl)ccc12. The number of ether oxygens (including phenoxy) is 2. The van der Waals surface area contributed by atoms with Crippen molar-refractivity contribution in [2.45, 2.75) is 43.1 Å². The van der Waals surface area contributed by atoms with Crippen LogP contribution in [-0.4, -0.2) is 40.5 Å². The number of carbonyl (C=O) groups is 2. The number of esters is 2. The fraction of sp³-hybridized carbons (Fsp3) is 0.435. The summed E-state index contributed by atoms with van der Waals surface area (Å²) in [6.07, 6.45) is 3.69. The van der Waals surface area contributed by atoms with Crippen LogP contribution in [0.5, 0.6) is 0 Å². The van der Waals surface area contributed by atoms with Crippen molar-refractivity contribution < 1.29 is 19.1 Å². The van der Waals surface area contributed by atoms with E-state index in [1.54, 1.807) is 0 Å². The van der Waals surface area contributed by atoms with Gasteiger partial charge in [-0.15, -0.1) is 0 Å². The molecule has 2 aromatic heterocycles. The van der Waals surface area contributed by atoms with E-state index in [0.29, 0.717) is 17.1 Å². The summed E-state index contributed by atoms with van der Waals surface area (Å²) >= 11 is 9.15. The number of benzene rings is 1. The number of hydrogen-bond acceptors (Lipinski definition) is 5. The third-order valence-electron chi connectivity index (χ3n) is 6.13. The van der Waals surface area contributed by atoms with E-state index >= 15 is 0 Å². The second-order valence-corrected chi connectivity index (χ2v) is 9.02. The van der Waals surface area contributed by atoms with E-state index in [9.17, 15) is 9.59 Å². The quantitative estimate of drug-likeness (QED) is 0.241. The van der Waals surface area contributed by atoms with Crippen molar-refractivity contribution in [1.82, 2.24) is 14.3 Å². The summed E-state index contributed by atoms with van der Waals surface area (Å²) in [4.78, 5) is 24.6. The molecule has 0 fully saturated rings. The second-order valence-electron chi connectivity index (χ2n) is 7.85. The zero-order valence-electron chi connectivity index (χ0n) is 18.3. The lowest BCUT2D eigenvalue weighted by Gasteiger charge is -2.16. The van der Waals surface area contributed by atoms with Crippen LogP contribution in [0.4, 0.5) is 0 Å². The maximum absolute atomic E-state index is 12.8. The highest BCUT2D eigenvalue weighted by Gasteiger charge is 2.29. The molecular formula is C23H25ClIN3O4. The highest BCUT2D eigenvalue weighted by molar-refractivity contribution is 14.1. The van der Waals surface area contributed by atoms with Gasteiger partial charge in [-0.1, -0.05) is 40.3 Å². The van der Waals surface area contributed by atoms with E-state index in [1.165, 1.54) is 19.9 Å². The monoisotopic (exact) mass is 569 g/mol. The molecule has 9 heteroatoms. The van der Waals surface area contributed by atoms with Crippen LogP contribution in [0.1, 0.15) is 46.7 Å². The molecule has 1 aliphatic rings. The number of fused-ring (bicyclic) bond motifs is 2. The molecular weight excluding hydrogens is 545 g/mol. The number of aryl methyl sites for hydroxylation is 3. The molecule has 0 N–H and O–H groups in total. The van der Waals surface area contributed by atoms with Gasteiger partial charge < -0.3 is 14.0 Å². The first-order chi connectivity index (χ1) is 15.4. The van der Waals surface area contributed by atoms with Crippen LogP contribution in [0.3, 0.4) is 0 Å². The largest absolute Gasteiger partial charge is 0.469 e. The maximum Gasteiger partial charge on any atom is 0.354 e. The third kappa shape index (κ3) is 3.81. The first-order valence-corrected chi connectivity index (χ1v) is 12.4. The Hall–Kier alpha value is -2.07. The maximum atomic E-state index is 12.8. The number of hydrogen-bond donors (Lipinski definition) is 0. The van der Waals surface area contributed by atoms with Crippen LogP contribution in [0.2, 0.25) is 5.02 Å². The summed E-state index contributed by atoms with van der Waals surface area (Å²) < 4.78 is 14.6. The van der Waals surface area contributed by atoms with Gasteiger partial charge in [-0.3, -0.25) is 9.48 Å². The third-order valence-corrected chi connectivity index (χ3v) is 7.17. The van der Waals surface area contributed by atoms with Gasteiger partial charge in [0.1, 0.15) is 5.69 Å². The van der Waals surface area contributed by atoms with Gasteiger partial charge in [0.05, 0.1) is 30.5 Å². The molecule has 0 radical (unpaired) electrons. The lowest BCUT2D eigenvalue weighted by atomic mass is 9.95. The predicted octanol–water partition coefficient (Wildman–Crippen LogP) is 4.86. The molecule has 0 unspecified atom stereocenters. The molecule has 7 nitrogen and oxygen atoms in total. The van der Waals surface area contributed by atoms with Gasteiger partial charge >= 0.3 is 11.9 Å². The average molecular weight is 570 g/mol. The lowest BCUT2D eigenvalue weighted by Crippen LogP contribution is -2.12. The van der Waals surface area contributed by atoms with Crippen molar-refractivity contribution >= 4 is 57.0 Å². The molecule has 3 heterocycles. The summed E-state index contributed by atoms with van der Waals surface area (Å²) in [5.74, 6) is -0.776. The van der Waals surface area contributed by atoms with Crippen LogP contribution in [-0.2, 0) is 45.1 Å². The zero-order valence-corrected chi connectivity index (χ0v) is 21.2. The Kier molecular flexibility index (Phi) is 6.80. The molecule has 0 amide bonds. The predicted molar refractivity (Wildman–Crippen MR) is 131 cm³/mol. The fourth-order valence-corrected chi connectivity index (χ4v) is 5.48. The molecule has 4 rings (SSSR count). The van der Waals surface area contributed by atoms with E-state index < -0.39 is 5.97 Å². The number of halogens is 2. The summed E-state index contributed by atoms with van der Waals surface area (Å²) in [5.41, 5.74) is 6.16. The van der Waals surface area contributed by atoms with Crippen LogP contribution in [0.15, 0.2) is 12.1 Å². The van der Waals surface area contributed by atoms with Crippen molar-refractivity contribution in [3.05, 3.63) is 39.8 Å². The van der Waals surface area contributed by atoms with E-state index in [2.05, 4.69) is 27.3 Å². The Morgan fingerprint density at radius 3 is 2.66 bits per heavy atom. The smallest absolute Gasteiger partial charge is 0.354 e. The van der Waals surface area contributed by atoms with Crippen molar-refractivity contribution in [2.75, 3.05) is 14.2 Å². The first kappa shape index (κ1) is 23.1. The average Bonchev–Trinajstić information content (AvgIpc) is 3.32. The molecule has 0 bridgehead atoms. The van der Waals surface area contributed by atoms with Crippen LogP contribution in [0.25, 0.3) is 22.0 Å². The van der Waals surface area contributed by atoms with Gasteiger partial charge in [0.2, 0.25) is 0 Å². The Labute approximate surface area is 205 Å². The van der Waals surface area contributed by atoms with Crippen molar-refractivity contribution in [1.29, 1.82) is 0 Å². The Morgan fingerprint density at radius 2 is 1.97 bits per heavy atom. The molecule has 0 aliphatic carbocycles. The summed E-state index contributed by atoms with van der Waals surface area (Å²) in [6, 6.07) is 3.78. The molecule has 0 spiro atoms. The van der Waals surface area contributed by atoms with Crippen LogP contribution in [0, 0.1) is 0 Å². The highest BCUT2D eigenvalue weighted by Crippen LogP contribution is 2.43. The minimum atomic E-state index is -0.447.